The third kappa shape index (κ3) is 4.63. The molecule has 0 aliphatic carbocycles. The Balaban J connectivity index is 0.00000240. The number of carbonyl (C=O) groups is 1. The Kier molecular flexibility index (Phi) is 7.27. The zero-order valence-corrected chi connectivity index (χ0v) is 17.7. The Morgan fingerprint density at radius 3 is 2.62 bits per heavy atom. The SMILES string of the molecule is Cc1c(C(=O)NCC2(c3ccccc3)CCOCC2)nnn1C1CCNCC1.Cl. The molecule has 4 rings (SSSR count). The molecule has 2 aliphatic rings. The molecule has 0 atom stereocenters. The number of aromatic nitrogens is 3. The standard InChI is InChI=1S/C21H29N5O2.ClH/c1-16-19(24-25-26(16)18-7-11-22-12-8-18)20(27)23-15-21(9-13-28-14-10-21)17-5-3-2-4-6-17;/h2-6,18,22H,7-15H2,1H3,(H,23,27);1H. The van der Waals surface area contributed by atoms with Crippen molar-refractivity contribution in [1.29, 1.82) is 0 Å². The number of carbonyl (C=O) groups excluding carboxylic acids is 1. The van der Waals surface area contributed by atoms with E-state index in [4.69, 9.17) is 4.74 Å². The minimum absolute atomic E-state index is 0. The number of nitrogens with zero attached hydrogens (tertiary/aromatic N) is 3. The van der Waals surface area contributed by atoms with Gasteiger partial charge in [-0.15, -0.1) is 17.5 Å². The highest BCUT2D eigenvalue weighted by atomic mass is 35.5. The second-order valence-electron chi connectivity index (χ2n) is 7.89. The van der Waals surface area contributed by atoms with Gasteiger partial charge in [0, 0.05) is 25.2 Å². The van der Waals surface area contributed by atoms with Crippen molar-refractivity contribution >= 4 is 18.3 Å². The monoisotopic (exact) mass is 419 g/mol. The highest BCUT2D eigenvalue weighted by Gasteiger charge is 2.35. The van der Waals surface area contributed by atoms with E-state index in [0.29, 0.717) is 18.3 Å². The molecule has 2 fully saturated rings. The summed E-state index contributed by atoms with van der Waals surface area (Å²) >= 11 is 0. The average molecular weight is 420 g/mol. The van der Waals surface area contributed by atoms with E-state index in [9.17, 15) is 4.79 Å². The van der Waals surface area contributed by atoms with E-state index in [1.54, 1.807) is 0 Å². The number of hydrogen-bond donors (Lipinski definition) is 2. The highest BCUT2D eigenvalue weighted by Crippen LogP contribution is 2.34. The quantitative estimate of drug-likeness (QED) is 0.777. The largest absolute Gasteiger partial charge is 0.381 e. The lowest BCUT2D eigenvalue weighted by Gasteiger charge is -2.37. The van der Waals surface area contributed by atoms with Crippen molar-refractivity contribution in [3.63, 3.8) is 0 Å². The van der Waals surface area contributed by atoms with E-state index in [1.165, 1.54) is 5.56 Å². The maximum atomic E-state index is 12.9. The molecule has 2 saturated heterocycles. The van der Waals surface area contributed by atoms with Gasteiger partial charge in [0.25, 0.3) is 5.91 Å². The summed E-state index contributed by atoms with van der Waals surface area (Å²) in [7, 11) is 0. The fraction of sp³-hybridized carbons (Fsp3) is 0.571. The van der Waals surface area contributed by atoms with Gasteiger partial charge in [-0.2, -0.15) is 0 Å². The summed E-state index contributed by atoms with van der Waals surface area (Å²) in [6.45, 7) is 5.92. The van der Waals surface area contributed by atoms with E-state index in [0.717, 1.165) is 57.7 Å². The molecular weight excluding hydrogens is 390 g/mol. The van der Waals surface area contributed by atoms with Gasteiger partial charge in [0.15, 0.2) is 5.69 Å². The molecule has 3 heterocycles. The second-order valence-corrected chi connectivity index (χ2v) is 7.89. The predicted molar refractivity (Wildman–Crippen MR) is 114 cm³/mol. The van der Waals surface area contributed by atoms with Gasteiger partial charge >= 0.3 is 0 Å². The summed E-state index contributed by atoms with van der Waals surface area (Å²) in [5.41, 5.74) is 2.46. The first kappa shape index (κ1) is 21.7. The Bertz CT molecular complexity index is 799. The third-order valence-corrected chi connectivity index (χ3v) is 6.22. The normalized spacial score (nSPS) is 19.3. The number of nitrogens with one attached hydrogen (secondary N) is 2. The topological polar surface area (TPSA) is 81.1 Å². The molecule has 7 nitrogen and oxygen atoms in total. The summed E-state index contributed by atoms with van der Waals surface area (Å²) < 4.78 is 7.51. The van der Waals surface area contributed by atoms with Gasteiger partial charge in [0.2, 0.25) is 0 Å². The second kappa shape index (κ2) is 9.69. The van der Waals surface area contributed by atoms with Crippen molar-refractivity contribution in [3.05, 3.63) is 47.3 Å². The summed E-state index contributed by atoms with van der Waals surface area (Å²) in [4.78, 5) is 12.9. The Morgan fingerprint density at radius 1 is 1.24 bits per heavy atom. The van der Waals surface area contributed by atoms with E-state index < -0.39 is 0 Å². The summed E-state index contributed by atoms with van der Waals surface area (Å²) in [6.07, 6.45) is 3.83. The van der Waals surface area contributed by atoms with Crippen LogP contribution in [0.5, 0.6) is 0 Å². The van der Waals surface area contributed by atoms with E-state index >= 15 is 0 Å². The minimum Gasteiger partial charge on any atom is -0.381 e. The fourth-order valence-electron chi connectivity index (χ4n) is 4.40. The first-order valence-electron chi connectivity index (χ1n) is 10.2. The molecule has 8 heteroatoms. The Hall–Kier alpha value is -1.96. The maximum absolute atomic E-state index is 12.9. The Labute approximate surface area is 178 Å². The van der Waals surface area contributed by atoms with Crippen LogP contribution in [-0.4, -0.2) is 53.7 Å². The molecule has 29 heavy (non-hydrogen) atoms. The molecule has 0 radical (unpaired) electrons. The van der Waals surface area contributed by atoms with Crippen LogP contribution in [0.25, 0.3) is 0 Å². The smallest absolute Gasteiger partial charge is 0.273 e. The summed E-state index contributed by atoms with van der Waals surface area (Å²) in [6, 6.07) is 10.8. The molecular formula is C21H30ClN5O2. The molecule has 0 spiro atoms. The summed E-state index contributed by atoms with van der Waals surface area (Å²) in [5.74, 6) is -0.139. The van der Waals surface area contributed by atoms with Crippen molar-refractivity contribution < 1.29 is 9.53 Å². The number of hydrogen-bond acceptors (Lipinski definition) is 5. The molecule has 2 N–H and O–H groups in total. The van der Waals surface area contributed by atoms with Gasteiger partial charge in [0.1, 0.15) is 0 Å². The van der Waals surface area contributed by atoms with Crippen molar-refractivity contribution in [2.75, 3.05) is 32.8 Å². The van der Waals surface area contributed by atoms with Crippen LogP contribution in [0.4, 0.5) is 0 Å². The molecule has 0 saturated carbocycles. The fourth-order valence-corrected chi connectivity index (χ4v) is 4.40. The van der Waals surface area contributed by atoms with Crippen molar-refractivity contribution in [2.45, 2.75) is 44.1 Å². The van der Waals surface area contributed by atoms with E-state index in [-0.39, 0.29) is 23.7 Å². The van der Waals surface area contributed by atoms with Gasteiger partial charge < -0.3 is 15.4 Å². The first-order valence-corrected chi connectivity index (χ1v) is 10.2. The zero-order chi connectivity index (χ0) is 19.4. The predicted octanol–water partition coefficient (Wildman–Crippen LogP) is 2.41. The van der Waals surface area contributed by atoms with Crippen molar-refractivity contribution in [3.8, 4) is 0 Å². The van der Waals surface area contributed by atoms with Crippen LogP contribution in [0.1, 0.15) is 53.5 Å². The lowest BCUT2D eigenvalue weighted by molar-refractivity contribution is 0.0486. The molecule has 1 aromatic carbocycles. The highest BCUT2D eigenvalue weighted by molar-refractivity contribution is 5.93. The minimum atomic E-state index is -0.139. The van der Waals surface area contributed by atoms with Crippen LogP contribution in [0, 0.1) is 6.92 Å². The molecule has 0 unspecified atom stereocenters. The molecule has 2 aliphatic heterocycles. The van der Waals surface area contributed by atoms with E-state index in [1.807, 2.05) is 17.7 Å². The van der Waals surface area contributed by atoms with Crippen LogP contribution >= 0.6 is 12.4 Å². The number of ether oxygens (including phenoxy) is 1. The van der Waals surface area contributed by atoms with Crippen LogP contribution in [0.15, 0.2) is 30.3 Å². The summed E-state index contributed by atoms with van der Waals surface area (Å²) in [5, 5.41) is 15.0. The van der Waals surface area contributed by atoms with Crippen LogP contribution < -0.4 is 10.6 Å². The lowest BCUT2D eigenvalue weighted by Crippen LogP contribution is -2.44. The number of amides is 1. The number of halogens is 1. The van der Waals surface area contributed by atoms with Gasteiger partial charge in [0.05, 0.1) is 11.7 Å². The van der Waals surface area contributed by atoms with Crippen molar-refractivity contribution in [1.82, 2.24) is 25.6 Å². The van der Waals surface area contributed by atoms with Crippen LogP contribution in [0.2, 0.25) is 0 Å². The van der Waals surface area contributed by atoms with Gasteiger partial charge in [-0.25, -0.2) is 4.68 Å². The number of rotatable bonds is 5. The number of benzene rings is 1. The lowest BCUT2D eigenvalue weighted by atomic mass is 9.74. The molecule has 158 valence electrons. The van der Waals surface area contributed by atoms with Gasteiger partial charge in [-0.05, 0) is 51.3 Å². The maximum Gasteiger partial charge on any atom is 0.273 e. The average Bonchev–Trinajstić information content (AvgIpc) is 3.15. The molecule has 0 bridgehead atoms. The zero-order valence-electron chi connectivity index (χ0n) is 16.9. The van der Waals surface area contributed by atoms with Crippen LogP contribution in [-0.2, 0) is 10.2 Å². The van der Waals surface area contributed by atoms with Gasteiger partial charge in [-0.3, -0.25) is 4.79 Å². The number of piperidine rings is 1. The molecule has 1 amide bonds. The van der Waals surface area contributed by atoms with Crippen LogP contribution in [0.3, 0.4) is 0 Å². The third-order valence-electron chi connectivity index (χ3n) is 6.22. The van der Waals surface area contributed by atoms with E-state index in [2.05, 4.69) is 45.2 Å². The molecule has 2 aromatic rings. The first-order chi connectivity index (χ1) is 13.7. The Morgan fingerprint density at radius 2 is 1.93 bits per heavy atom. The molecule has 1 aromatic heterocycles. The van der Waals surface area contributed by atoms with Crippen molar-refractivity contribution in [2.24, 2.45) is 0 Å². The van der Waals surface area contributed by atoms with Gasteiger partial charge in [-0.1, -0.05) is 35.5 Å².